The molecule has 2 amide bonds. The number of anilines is 1. The Morgan fingerprint density at radius 1 is 1.15 bits per heavy atom. The molecule has 0 atom stereocenters. The van der Waals surface area contributed by atoms with Crippen molar-refractivity contribution in [2.75, 3.05) is 5.32 Å². The minimum absolute atomic E-state index is 0.133. The van der Waals surface area contributed by atoms with Crippen LogP contribution in [-0.4, -0.2) is 16.4 Å². The Morgan fingerprint density at radius 2 is 1.85 bits per heavy atom. The molecule has 0 unspecified atom stereocenters. The van der Waals surface area contributed by atoms with Crippen molar-refractivity contribution < 1.29 is 9.59 Å². The third-order valence-corrected chi connectivity index (χ3v) is 2.95. The number of carbonyl (C=O) groups excluding carboxylic acids is 2. The Labute approximate surface area is 117 Å². The predicted molar refractivity (Wildman–Crippen MR) is 77.3 cm³/mol. The summed E-state index contributed by atoms with van der Waals surface area (Å²) in [6.07, 6.45) is 1.93. The highest BCUT2D eigenvalue weighted by molar-refractivity contribution is 5.95. The van der Waals surface area contributed by atoms with E-state index >= 15 is 0 Å². The van der Waals surface area contributed by atoms with Gasteiger partial charge >= 0.3 is 0 Å². The van der Waals surface area contributed by atoms with Crippen molar-refractivity contribution in [3.05, 3.63) is 53.9 Å². The van der Waals surface area contributed by atoms with Crippen LogP contribution in [-0.2, 0) is 18.4 Å². The molecule has 0 spiro atoms. The van der Waals surface area contributed by atoms with Gasteiger partial charge < -0.3 is 15.2 Å². The van der Waals surface area contributed by atoms with E-state index < -0.39 is 0 Å². The molecule has 1 aromatic carbocycles. The molecule has 1 aromatic heterocycles. The van der Waals surface area contributed by atoms with E-state index in [0.717, 1.165) is 5.69 Å². The van der Waals surface area contributed by atoms with Gasteiger partial charge in [-0.3, -0.25) is 9.59 Å². The van der Waals surface area contributed by atoms with Gasteiger partial charge in [0.05, 0.1) is 6.54 Å². The third-order valence-electron chi connectivity index (χ3n) is 2.95. The second-order valence-corrected chi connectivity index (χ2v) is 4.55. The molecule has 0 fully saturated rings. The van der Waals surface area contributed by atoms with Gasteiger partial charge in [0.15, 0.2) is 0 Å². The zero-order chi connectivity index (χ0) is 14.5. The number of benzene rings is 1. The standard InChI is InChI=1S/C15H17N3O2/c1-11(19)17-13-7-5-12(6-8-13)15(20)16-10-14-4-3-9-18(14)2/h3-9H,10H2,1-2H3,(H,16,20)(H,17,19). The molecule has 0 aliphatic rings. The number of carbonyl (C=O) groups is 2. The molecular weight excluding hydrogens is 254 g/mol. The maximum absolute atomic E-state index is 12.0. The summed E-state index contributed by atoms with van der Waals surface area (Å²) in [6.45, 7) is 1.93. The van der Waals surface area contributed by atoms with Crippen molar-refractivity contribution in [1.82, 2.24) is 9.88 Å². The van der Waals surface area contributed by atoms with Gasteiger partial charge in [0.1, 0.15) is 0 Å². The topological polar surface area (TPSA) is 63.1 Å². The van der Waals surface area contributed by atoms with Crippen LogP contribution in [0.15, 0.2) is 42.6 Å². The Hall–Kier alpha value is -2.56. The summed E-state index contributed by atoms with van der Waals surface area (Å²) >= 11 is 0. The summed E-state index contributed by atoms with van der Waals surface area (Å²) in [4.78, 5) is 22.9. The van der Waals surface area contributed by atoms with E-state index in [0.29, 0.717) is 17.8 Å². The highest BCUT2D eigenvalue weighted by Crippen LogP contribution is 2.09. The Kier molecular flexibility index (Phi) is 4.20. The molecule has 0 aliphatic carbocycles. The molecule has 5 nitrogen and oxygen atoms in total. The van der Waals surface area contributed by atoms with Crippen LogP contribution in [0.25, 0.3) is 0 Å². The first-order valence-electron chi connectivity index (χ1n) is 6.32. The van der Waals surface area contributed by atoms with Crippen molar-refractivity contribution in [2.45, 2.75) is 13.5 Å². The van der Waals surface area contributed by atoms with Gasteiger partial charge in [-0.05, 0) is 36.4 Å². The summed E-state index contributed by atoms with van der Waals surface area (Å²) in [7, 11) is 1.93. The van der Waals surface area contributed by atoms with E-state index in [9.17, 15) is 9.59 Å². The SMILES string of the molecule is CC(=O)Nc1ccc(C(=O)NCc2cccn2C)cc1. The molecule has 2 aromatic rings. The lowest BCUT2D eigenvalue weighted by molar-refractivity contribution is -0.114. The lowest BCUT2D eigenvalue weighted by Crippen LogP contribution is -2.23. The largest absolute Gasteiger partial charge is 0.353 e. The van der Waals surface area contributed by atoms with Gasteiger partial charge in [0, 0.05) is 37.1 Å². The van der Waals surface area contributed by atoms with E-state index in [4.69, 9.17) is 0 Å². The molecule has 20 heavy (non-hydrogen) atoms. The average molecular weight is 271 g/mol. The van der Waals surface area contributed by atoms with Crippen LogP contribution in [0.4, 0.5) is 5.69 Å². The summed E-state index contributed by atoms with van der Waals surface area (Å²) < 4.78 is 1.96. The number of nitrogens with zero attached hydrogens (tertiary/aromatic N) is 1. The van der Waals surface area contributed by atoms with E-state index in [1.54, 1.807) is 24.3 Å². The minimum atomic E-state index is -0.138. The lowest BCUT2D eigenvalue weighted by Gasteiger charge is -2.07. The lowest BCUT2D eigenvalue weighted by atomic mass is 10.2. The predicted octanol–water partition coefficient (Wildman–Crippen LogP) is 1.91. The Morgan fingerprint density at radius 3 is 2.40 bits per heavy atom. The molecule has 104 valence electrons. The molecule has 2 rings (SSSR count). The maximum Gasteiger partial charge on any atom is 0.251 e. The van der Waals surface area contributed by atoms with Crippen LogP contribution in [0.2, 0.25) is 0 Å². The van der Waals surface area contributed by atoms with Crippen LogP contribution in [0.1, 0.15) is 23.0 Å². The highest BCUT2D eigenvalue weighted by Gasteiger charge is 2.06. The Bertz CT molecular complexity index is 614. The maximum atomic E-state index is 12.0. The molecule has 2 N–H and O–H groups in total. The molecule has 0 aliphatic heterocycles. The summed E-state index contributed by atoms with van der Waals surface area (Å²) in [6, 6.07) is 10.7. The zero-order valence-corrected chi connectivity index (χ0v) is 11.5. The Balaban J connectivity index is 1.95. The van der Waals surface area contributed by atoms with E-state index in [-0.39, 0.29) is 11.8 Å². The average Bonchev–Trinajstić information content (AvgIpc) is 2.82. The second kappa shape index (κ2) is 6.06. The molecule has 0 radical (unpaired) electrons. The molecule has 1 heterocycles. The first kappa shape index (κ1) is 13.9. The normalized spacial score (nSPS) is 10.1. The number of rotatable bonds is 4. The van der Waals surface area contributed by atoms with Crippen molar-refractivity contribution in [1.29, 1.82) is 0 Å². The zero-order valence-electron chi connectivity index (χ0n) is 11.5. The number of amides is 2. The fourth-order valence-electron chi connectivity index (χ4n) is 1.86. The summed E-state index contributed by atoms with van der Waals surface area (Å²) in [5.74, 6) is -0.272. The number of nitrogens with one attached hydrogen (secondary N) is 2. The highest BCUT2D eigenvalue weighted by atomic mass is 16.2. The van der Waals surface area contributed by atoms with Gasteiger partial charge in [-0.1, -0.05) is 0 Å². The van der Waals surface area contributed by atoms with Crippen molar-refractivity contribution in [3.8, 4) is 0 Å². The van der Waals surface area contributed by atoms with Crippen LogP contribution >= 0.6 is 0 Å². The van der Waals surface area contributed by atoms with E-state index in [1.807, 2.05) is 29.9 Å². The summed E-state index contributed by atoms with van der Waals surface area (Å²) in [5.41, 5.74) is 2.28. The van der Waals surface area contributed by atoms with E-state index in [2.05, 4.69) is 10.6 Å². The fraction of sp³-hybridized carbons (Fsp3) is 0.200. The van der Waals surface area contributed by atoms with E-state index in [1.165, 1.54) is 6.92 Å². The van der Waals surface area contributed by atoms with Crippen LogP contribution in [0.5, 0.6) is 0 Å². The molecule has 0 bridgehead atoms. The summed E-state index contributed by atoms with van der Waals surface area (Å²) in [5, 5.41) is 5.51. The number of aryl methyl sites for hydroxylation is 1. The molecule has 5 heteroatoms. The molecule has 0 saturated carbocycles. The number of aromatic nitrogens is 1. The van der Waals surface area contributed by atoms with Crippen molar-refractivity contribution >= 4 is 17.5 Å². The van der Waals surface area contributed by atoms with Gasteiger partial charge in [-0.2, -0.15) is 0 Å². The number of hydrogen-bond donors (Lipinski definition) is 2. The smallest absolute Gasteiger partial charge is 0.251 e. The second-order valence-electron chi connectivity index (χ2n) is 4.55. The van der Waals surface area contributed by atoms with Crippen LogP contribution in [0, 0.1) is 0 Å². The minimum Gasteiger partial charge on any atom is -0.353 e. The van der Waals surface area contributed by atoms with Crippen molar-refractivity contribution in [3.63, 3.8) is 0 Å². The van der Waals surface area contributed by atoms with Crippen molar-refractivity contribution in [2.24, 2.45) is 7.05 Å². The monoisotopic (exact) mass is 271 g/mol. The fourth-order valence-corrected chi connectivity index (χ4v) is 1.86. The van der Waals surface area contributed by atoms with Crippen LogP contribution < -0.4 is 10.6 Å². The van der Waals surface area contributed by atoms with Crippen LogP contribution in [0.3, 0.4) is 0 Å². The quantitative estimate of drug-likeness (QED) is 0.892. The molecule has 0 saturated heterocycles. The van der Waals surface area contributed by atoms with Gasteiger partial charge in [-0.25, -0.2) is 0 Å². The van der Waals surface area contributed by atoms with Gasteiger partial charge in [0.2, 0.25) is 5.91 Å². The first-order chi connectivity index (χ1) is 9.56. The molecular formula is C15H17N3O2. The number of hydrogen-bond acceptors (Lipinski definition) is 2. The van der Waals surface area contributed by atoms with Gasteiger partial charge in [0.25, 0.3) is 5.91 Å². The first-order valence-corrected chi connectivity index (χ1v) is 6.32. The third kappa shape index (κ3) is 3.47. The van der Waals surface area contributed by atoms with Gasteiger partial charge in [-0.15, -0.1) is 0 Å².